The van der Waals surface area contributed by atoms with Crippen LogP contribution in [0.1, 0.15) is 31.1 Å². The number of hydrogen-bond acceptors (Lipinski definition) is 7. The van der Waals surface area contributed by atoms with Crippen molar-refractivity contribution in [2.75, 3.05) is 0 Å². The first-order chi connectivity index (χ1) is 15.1. The summed E-state index contributed by atoms with van der Waals surface area (Å²) in [6, 6.07) is 14.9. The maximum Gasteiger partial charge on any atom is 0.647 e. The lowest BCUT2D eigenvalue weighted by atomic mass is 10.2. The molecule has 0 aliphatic carbocycles. The Morgan fingerprint density at radius 3 is 0.906 bits per heavy atom. The van der Waals surface area contributed by atoms with Crippen molar-refractivity contribution >= 4 is 25.7 Å². The molecule has 0 unspecified atom stereocenters. The fourth-order valence-electron chi connectivity index (χ4n) is 2.42. The highest BCUT2D eigenvalue weighted by molar-refractivity contribution is 7.49. The summed E-state index contributed by atoms with van der Waals surface area (Å²) in [5.41, 5.74) is -0.0763. The highest BCUT2D eigenvalue weighted by atomic mass is 31.2. The van der Waals surface area contributed by atoms with Gasteiger partial charge < -0.3 is 28.9 Å². The number of rotatable bonds is 9. The molecule has 0 aliphatic rings. The van der Waals surface area contributed by atoms with Crippen molar-refractivity contribution in [3.63, 3.8) is 0 Å². The van der Waals surface area contributed by atoms with Gasteiger partial charge in [-0.3, -0.25) is 0 Å². The van der Waals surface area contributed by atoms with E-state index in [-0.39, 0.29) is 33.9 Å². The Bertz CT molecular complexity index is 1030. The summed E-state index contributed by atoms with van der Waals surface area (Å²) in [4.78, 5) is 33.0. The molecule has 0 saturated heterocycles. The van der Waals surface area contributed by atoms with Gasteiger partial charge in [0, 0.05) is 0 Å². The molecule has 0 bridgehead atoms. The Morgan fingerprint density at radius 1 is 0.500 bits per heavy atom. The van der Waals surface area contributed by atoms with E-state index in [1.165, 1.54) is 72.8 Å². The molecule has 32 heavy (non-hydrogen) atoms. The number of phosphoric acid groups is 1. The van der Waals surface area contributed by atoms with Gasteiger partial charge in [0.2, 0.25) is 0 Å². The summed E-state index contributed by atoms with van der Waals surface area (Å²) in [5.74, 6) is -3.56. The van der Waals surface area contributed by atoms with Gasteiger partial charge in [0.1, 0.15) is 17.2 Å². The van der Waals surface area contributed by atoms with E-state index in [1.54, 1.807) is 0 Å². The van der Waals surface area contributed by atoms with Gasteiger partial charge in [-0.15, -0.1) is 0 Å². The van der Waals surface area contributed by atoms with Crippen molar-refractivity contribution in [1.82, 2.24) is 0 Å². The van der Waals surface area contributed by atoms with E-state index in [0.717, 1.165) is 0 Å². The van der Waals surface area contributed by atoms with Crippen LogP contribution in [0.2, 0.25) is 0 Å². The molecule has 0 heterocycles. The third-order valence-electron chi connectivity index (χ3n) is 3.96. The fraction of sp³-hybridized carbons (Fsp3) is 0. The molecule has 10 nitrogen and oxygen atoms in total. The average molecular weight is 458 g/mol. The molecule has 0 aliphatic heterocycles. The second-order valence-corrected chi connectivity index (χ2v) is 7.65. The number of carbonyl (C=O) groups is 3. The van der Waals surface area contributed by atoms with Crippen molar-refractivity contribution in [3.8, 4) is 17.2 Å². The summed E-state index contributed by atoms with van der Waals surface area (Å²) in [7, 11) is -4.44. The van der Waals surface area contributed by atoms with E-state index in [2.05, 4.69) is 0 Å². The van der Waals surface area contributed by atoms with Crippen LogP contribution < -0.4 is 13.6 Å². The largest absolute Gasteiger partial charge is 0.647 e. The zero-order valence-electron chi connectivity index (χ0n) is 16.1. The van der Waals surface area contributed by atoms with Crippen LogP contribution in [0.4, 0.5) is 0 Å². The van der Waals surface area contributed by atoms with Gasteiger partial charge in [-0.2, -0.15) is 4.57 Å². The van der Waals surface area contributed by atoms with Crippen molar-refractivity contribution < 1.29 is 47.8 Å². The zero-order valence-corrected chi connectivity index (χ0v) is 17.0. The first-order valence-corrected chi connectivity index (χ1v) is 10.3. The lowest BCUT2D eigenvalue weighted by Crippen LogP contribution is -2.08. The van der Waals surface area contributed by atoms with E-state index in [4.69, 9.17) is 28.9 Å². The molecular formula is C21H15O10P. The Balaban J connectivity index is 1.89. The van der Waals surface area contributed by atoms with Gasteiger partial charge in [-0.05, 0) is 72.8 Å². The third-order valence-corrected chi connectivity index (χ3v) is 5.26. The minimum absolute atomic E-state index is 0.0253. The molecule has 164 valence electrons. The van der Waals surface area contributed by atoms with Crippen LogP contribution in [0.15, 0.2) is 72.8 Å². The van der Waals surface area contributed by atoms with E-state index >= 15 is 0 Å². The zero-order chi connectivity index (χ0) is 23.3. The number of phosphoric ester groups is 1. The van der Waals surface area contributed by atoms with Crippen LogP contribution in [0.5, 0.6) is 17.2 Å². The van der Waals surface area contributed by atoms with Crippen LogP contribution in [0.25, 0.3) is 0 Å². The summed E-state index contributed by atoms with van der Waals surface area (Å²) >= 11 is 0. The number of hydrogen-bond donors (Lipinski definition) is 3. The Hall–Kier alpha value is -4.30. The Kier molecular flexibility index (Phi) is 6.46. The maximum absolute atomic E-state index is 13.4. The van der Waals surface area contributed by atoms with Gasteiger partial charge in [0.15, 0.2) is 0 Å². The topological polar surface area (TPSA) is 157 Å². The molecule has 0 spiro atoms. The molecule has 3 rings (SSSR count). The van der Waals surface area contributed by atoms with Gasteiger partial charge in [0.05, 0.1) is 16.7 Å². The van der Waals surface area contributed by atoms with Crippen LogP contribution in [0.3, 0.4) is 0 Å². The predicted octanol–water partition coefficient (Wildman–Crippen LogP) is 4.43. The summed E-state index contributed by atoms with van der Waals surface area (Å²) < 4.78 is 29.5. The summed E-state index contributed by atoms with van der Waals surface area (Å²) in [5, 5.41) is 27.0. The van der Waals surface area contributed by atoms with E-state index in [1.807, 2.05) is 0 Å². The molecule has 0 amide bonds. The Labute approximate surface area is 180 Å². The van der Waals surface area contributed by atoms with Crippen molar-refractivity contribution in [3.05, 3.63) is 89.5 Å². The lowest BCUT2D eigenvalue weighted by molar-refractivity contribution is 0.0686. The van der Waals surface area contributed by atoms with Crippen molar-refractivity contribution in [2.24, 2.45) is 0 Å². The molecule has 0 atom stereocenters. The minimum atomic E-state index is -4.44. The lowest BCUT2D eigenvalue weighted by Gasteiger charge is -2.19. The van der Waals surface area contributed by atoms with Crippen molar-refractivity contribution in [2.45, 2.75) is 0 Å². The SMILES string of the molecule is O=C(O)c1ccc(OP(=O)(Oc2ccc(C(=O)O)cc2)Oc2ccc(C(=O)O)cc2)cc1. The summed E-state index contributed by atoms with van der Waals surface area (Å²) in [6.45, 7) is 0. The Morgan fingerprint density at radius 2 is 0.719 bits per heavy atom. The monoisotopic (exact) mass is 458 g/mol. The first kappa shape index (κ1) is 22.4. The van der Waals surface area contributed by atoms with Crippen LogP contribution >= 0.6 is 7.82 Å². The van der Waals surface area contributed by atoms with Gasteiger partial charge in [-0.25, -0.2) is 14.4 Å². The van der Waals surface area contributed by atoms with Crippen molar-refractivity contribution in [1.29, 1.82) is 0 Å². The van der Waals surface area contributed by atoms with E-state index in [0.29, 0.717) is 0 Å². The fourth-order valence-corrected chi connectivity index (χ4v) is 3.67. The summed E-state index contributed by atoms with van der Waals surface area (Å²) in [6.07, 6.45) is 0. The second-order valence-electron chi connectivity index (χ2n) is 6.21. The first-order valence-electron chi connectivity index (χ1n) is 8.84. The molecule has 3 aromatic rings. The molecule has 3 N–H and O–H groups in total. The standard InChI is InChI=1S/C21H15O10P/c22-19(23)13-1-7-16(8-2-13)29-32(28,30-17-9-3-14(4-10-17)20(24)25)31-18-11-5-15(6-12-18)21(26)27/h1-12H,(H,22,23)(H,24,25)(H,26,27). The number of carboxylic acid groups (broad SMARTS) is 3. The third kappa shape index (κ3) is 5.65. The van der Waals surface area contributed by atoms with Gasteiger partial charge in [-0.1, -0.05) is 0 Å². The van der Waals surface area contributed by atoms with Gasteiger partial charge >= 0.3 is 25.7 Å². The molecule has 3 aromatic carbocycles. The van der Waals surface area contributed by atoms with Crippen LogP contribution in [0, 0.1) is 0 Å². The molecule has 11 heteroatoms. The smallest absolute Gasteiger partial charge is 0.478 e. The quantitative estimate of drug-likeness (QED) is 0.392. The highest BCUT2D eigenvalue weighted by Gasteiger charge is 2.33. The minimum Gasteiger partial charge on any atom is -0.478 e. The van der Waals surface area contributed by atoms with E-state index in [9.17, 15) is 18.9 Å². The van der Waals surface area contributed by atoms with Gasteiger partial charge in [0.25, 0.3) is 0 Å². The van der Waals surface area contributed by atoms with E-state index < -0.39 is 25.7 Å². The second kappa shape index (κ2) is 9.23. The number of benzene rings is 3. The normalized spacial score (nSPS) is 10.8. The number of carboxylic acids is 3. The molecule has 0 radical (unpaired) electrons. The highest BCUT2D eigenvalue weighted by Crippen LogP contribution is 2.49. The van der Waals surface area contributed by atoms with Crippen LogP contribution in [-0.4, -0.2) is 33.2 Å². The molecule has 0 fully saturated rings. The molecular weight excluding hydrogens is 443 g/mol. The predicted molar refractivity (Wildman–Crippen MR) is 110 cm³/mol. The number of aromatic carboxylic acids is 3. The molecule has 0 aromatic heterocycles. The average Bonchev–Trinajstić information content (AvgIpc) is 2.74. The van der Waals surface area contributed by atoms with Crippen LogP contribution in [-0.2, 0) is 4.57 Å². The molecule has 0 saturated carbocycles. The maximum atomic E-state index is 13.4.